The van der Waals surface area contributed by atoms with E-state index in [1.54, 1.807) is 18.2 Å². The molecule has 6 N–H and O–H groups in total. The minimum Gasteiger partial charge on any atom is -0.543 e. The monoisotopic (exact) mass is 500 g/mol. The van der Waals surface area contributed by atoms with Crippen LogP contribution in [-0.2, 0) is 32.7 Å². The van der Waals surface area contributed by atoms with Gasteiger partial charge < -0.3 is 46.9 Å². The second-order valence-corrected chi connectivity index (χ2v) is 5.19. The molecule has 0 aromatic carbocycles. The summed E-state index contributed by atoms with van der Waals surface area (Å²) < 4.78 is 0. The van der Waals surface area contributed by atoms with E-state index in [9.17, 15) is 29.7 Å². The molecule has 0 fully saturated rings. The van der Waals surface area contributed by atoms with Gasteiger partial charge >= 0.3 is 32.7 Å². The van der Waals surface area contributed by atoms with E-state index in [-0.39, 0.29) is 66.9 Å². The van der Waals surface area contributed by atoms with Crippen molar-refractivity contribution in [3.05, 3.63) is 72.1 Å². The number of carboxylic acids is 3. The van der Waals surface area contributed by atoms with Crippen molar-refractivity contribution >= 4 is 35.0 Å². The second kappa shape index (κ2) is 13.6. The SMILES string of the molecule is Nc1cccnc1C(=O)[O-].Nc1cccnc1C(=O)[O-].Nc1cccnc1C(=O)[O-].[Y+3]. The predicted molar refractivity (Wildman–Crippen MR) is 98.9 cm³/mol. The Kier molecular flexibility index (Phi) is 12.0. The van der Waals surface area contributed by atoms with Crippen LogP contribution in [0, 0.1) is 0 Å². The Morgan fingerprint density at radius 3 is 0.935 bits per heavy atom. The largest absolute Gasteiger partial charge is 3.00 e. The molecule has 0 bridgehead atoms. The van der Waals surface area contributed by atoms with E-state index >= 15 is 0 Å². The van der Waals surface area contributed by atoms with Crippen molar-refractivity contribution < 1.29 is 62.4 Å². The number of aromatic carboxylic acids is 3. The molecule has 31 heavy (non-hydrogen) atoms. The summed E-state index contributed by atoms with van der Waals surface area (Å²) in [6.07, 6.45) is 4.05. The molecule has 13 heteroatoms. The van der Waals surface area contributed by atoms with E-state index in [1.165, 1.54) is 36.8 Å². The summed E-state index contributed by atoms with van der Waals surface area (Å²) in [5, 5.41) is 30.5. The molecule has 0 aliphatic rings. The van der Waals surface area contributed by atoms with Gasteiger partial charge in [-0.2, -0.15) is 0 Å². The zero-order valence-corrected chi connectivity index (χ0v) is 18.6. The first kappa shape index (κ1) is 27.4. The number of pyridine rings is 3. The zero-order valence-electron chi connectivity index (χ0n) is 15.8. The summed E-state index contributed by atoms with van der Waals surface area (Å²) in [7, 11) is 0. The number of carbonyl (C=O) groups is 3. The van der Waals surface area contributed by atoms with Gasteiger partial charge in [0.15, 0.2) is 0 Å². The van der Waals surface area contributed by atoms with Crippen LogP contribution >= 0.6 is 0 Å². The Bertz CT molecular complexity index is 917. The fraction of sp³-hybridized carbons (Fsp3) is 0. The Morgan fingerprint density at radius 1 is 0.581 bits per heavy atom. The molecule has 0 aliphatic heterocycles. The molecule has 3 aromatic rings. The molecule has 0 aliphatic carbocycles. The van der Waals surface area contributed by atoms with Crippen LogP contribution in [0.15, 0.2) is 55.0 Å². The molecule has 156 valence electrons. The normalized spacial score (nSPS) is 8.90. The van der Waals surface area contributed by atoms with Crippen LogP contribution in [0.5, 0.6) is 0 Å². The molecule has 0 amide bonds. The van der Waals surface area contributed by atoms with E-state index in [4.69, 9.17) is 17.2 Å². The first-order valence-corrected chi connectivity index (χ1v) is 7.90. The zero-order chi connectivity index (χ0) is 22.7. The van der Waals surface area contributed by atoms with Gasteiger partial charge in [-0.25, -0.2) is 0 Å². The summed E-state index contributed by atoms with van der Waals surface area (Å²) in [6, 6.07) is 9.04. The van der Waals surface area contributed by atoms with Crippen molar-refractivity contribution in [2.24, 2.45) is 0 Å². The predicted octanol–water partition coefficient (Wildman–Crippen LogP) is -2.92. The van der Waals surface area contributed by atoms with Gasteiger partial charge in [0.1, 0.15) is 17.1 Å². The second-order valence-electron chi connectivity index (χ2n) is 5.19. The molecular weight excluding hydrogens is 485 g/mol. The molecule has 0 radical (unpaired) electrons. The number of hydrogen-bond donors (Lipinski definition) is 3. The van der Waals surface area contributed by atoms with Crippen molar-refractivity contribution in [2.75, 3.05) is 17.2 Å². The van der Waals surface area contributed by atoms with Crippen molar-refractivity contribution in [2.45, 2.75) is 0 Å². The summed E-state index contributed by atoms with van der Waals surface area (Å²) >= 11 is 0. The van der Waals surface area contributed by atoms with E-state index < -0.39 is 17.9 Å². The molecule has 3 heterocycles. The van der Waals surface area contributed by atoms with Gasteiger partial charge in [-0.15, -0.1) is 0 Å². The van der Waals surface area contributed by atoms with Crippen LogP contribution in [0.4, 0.5) is 17.1 Å². The summed E-state index contributed by atoms with van der Waals surface area (Å²) in [4.78, 5) is 41.0. The number of nitrogens with zero attached hydrogens (tertiary/aromatic N) is 3. The standard InChI is InChI=1S/3C6H6N2O2.Y/c3*7-4-2-1-3-8-5(4)6(9)10;/h3*1-3H,7H2,(H,9,10);/q;;;+3/p-3. The number of rotatable bonds is 3. The first-order chi connectivity index (χ1) is 14.1. The Balaban J connectivity index is 0.000000429. The number of nitrogens with two attached hydrogens (primary N) is 3. The van der Waals surface area contributed by atoms with E-state index in [2.05, 4.69) is 15.0 Å². The Hall–Kier alpha value is -3.64. The fourth-order valence-corrected chi connectivity index (χ4v) is 1.76. The van der Waals surface area contributed by atoms with Crippen LogP contribution in [0.25, 0.3) is 0 Å². The van der Waals surface area contributed by atoms with Gasteiger partial charge in [-0.3, -0.25) is 15.0 Å². The Morgan fingerprint density at radius 2 is 0.806 bits per heavy atom. The number of carbonyl (C=O) groups excluding carboxylic acids is 3. The average molecular weight is 500 g/mol. The van der Waals surface area contributed by atoms with E-state index in [1.807, 2.05) is 0 Å². The third kappa shape index (κ3) is 9.15. The smallest absolute Gasteiger partial charge is 0.543 e. The van der Waals surface area contributed by atoms with Gasteiger partial charge in [0, 0.05) is 18.6 Å². The van der Waals surface area contributed by atoms with Gasteiger partial charge in [0.05, 0.1) is 35.0 Å². The van der Waals surface area contributed by atoms with Gasteiger partial charge in [0.2, 0.25) is 0 Å². The maximum absolute atomic E-state index is 10.2. The van der Waals surface area contributed by atoms with Crippen LogP contribution in [0.1, 0.15) is 31.5 Å². The topological polar surface area (TPSA) is 237 Å². The molecule has 0 saturated heterocycles. The molecule has 0 saturated carbocycles. The molecular formula is C18H15N6O6Y. The van der Waals surface area contributed by atoms with Crippen LogP contribution in [0.2, 0.25) is 0 Å². The summed E-state index contributed by atoms with van der Waals surface area (Å²) in [5.41, 5.74) is 15.5. The van der Waals surface area contributed by atoms with Crippen molar-refractivity contribution in [3.63, 3.8) is 0 Å². The fourth-order valence-electron chi connectivity index (χ4n) is 1.76. The third-order valence-electron chi connectivity index (χ3n) is 3.10. The van der Waals surface area contributed by atoms with Crippen LogP contribution in [0.3, 0.4) is 0 Å². The first-order valence-electron chi connectivity index (χ1n) is 7.90. The van der Waals surface area contributed by atoms with Crippen molar-refractivity contribution in [1.29, 1.82) is 0 Å². The number of hydrogen-bond acceptors (Lipinski definition) is 12. The minimum atomic E-state index is -1.35. The quantitative estimate of drug-likeness (QED) is 0.328. The van der Waals surface area contributed by atoms with Crippen LogP contribution in [-0.4, -0.2) is 32.9 Å². The number of nitrogen functional groups attached to an aromatic ring is 3. The number of anilines is 3. The molecule has 0 spiro atoms. The van der Waals surface area contributed by atoms with Gasteiger partial charge in [-0.1, -0.05) is 0 Å². The van der Waals surface area contributed by atoms with E-state index in [0.717, 1.165) is 0 Å². The van der Waals surface area contributed by atoms with Gasteiger partial charge in [-0.05, 0) is 36.4 Å². The summed E-state index contributed by atoms with van der Waals surface area (Å²) in [5.74, 6) is -4.05. The van der Waals surface area contributed by atoms with Crippen LogP contribution < -0.4 is 32.5 Å². The molecule has 3 aromatic heterocycles. The summed E-state index contributed by atoms with van der Waals surface area (Å²) in [6.45, 7) is 0. The molecule has 0 unspecified atom stereocenters. The molecule has 12 nitrogen and oxygen atoms in total. The average Bonchev–Trinajstić information content (AvgIpc) is 2.69. The maximum Gasteiger partial charge on any atom is 3.00 e. The Labute approximate surface area is 201 Å². The third-order valence-corrected chi connectivity index (χ3v) is 3.10. The number of carboxylic acid groups (broad SMARTS) is 3. The van der Waals surface area contributed by atoms with Gasteiger partial charge in [0.25, 0.3) is 0 Å². The van der Waals surface area contributed by atoms with E-state index in [0.29, 0.717) is 0 Å². The maximum atomic E-state index is 10.2. The van der Waals surface area contributed by atoms with Crippen molar-refractivity contribution in [3.8, 4) is 0 Å². The minimum absolute atomic E-state index is 0. The van der Waals surface area contributed by atoms with Crippen molar-refractivity contribution in [1.82, 2.24) is 15.0 Å². The molecule has 3 rings (SSSR count). The molecule has 0 atom stereocenters. The number of aromatic nitrogens is 3.